The van der Waals surface area contributed by atoms with E-state index < -0.39 is 10.0 Å². The van der Waals surface area contributed by atoms with Gasteiger partial charge in [0.05, 0.1) is 11.6 Å². The fourth-order valence-electron chi connectivity index (χ4n) is 3.64. The van der Waals surface area contributed by atoms with Gasteiger partial charge in [-0.3, -0.25) is 0 Å². The summed E-state index contributed by atoms with van der Waals surface area (Å²) in [5.74, 6) is 0.486. The van der Waals surface area contributed by atoms with Crippen LogP contribution in [-0.2, 0) is 21.4 Å². The fourth-order valence-corrected chi connectivity index (χ4v) is 4.07. The van der Waals surface area contributed by atoms with Crippen LogP contribution in [0.15, 0.2) is 36.8 Å². The Labute approximate surface area is 162 Å². The number of nitrogens with zero attached hydrogens (tertiary/aromatic N) is 3. The van der Waals surface area contributed by atoms with Crippen LogP contribution in [0.25, 0.3) is 22.2 Å². The molecule has 8 nitrogen and oxygen atoms in total. The highest BCUT2D eigenvalue weighted by Crippen LogP contribution is 2.42. The number of aldehydes is 1. The number of carbonyl (C=O) groups excluding carboxylic acids is 1. The van der Waals surface area contributed by atoms with Crippen molar-refractivity contribution in [1.29, 1.82) is 0 Å². The molecule has 0 aliphatic heterocycles. The van der Waals surface area contributed by atoms with Crippen LogP contribution in [0.1, 0.15) is 24.4 Å². The lowest BCUT2D eigenvalue weighted by atomic mass is 9.81. The molecule has 1 saturated carbocycles. The third kappa shape index (κ3) is 3.50. The normalized spacial score (nSPS) is 19.5. The topological polar surface area (TPSA) is 120 Å². The maximum atomic E-state index is 11.4. The minimum atomic E-state index is -3.27. The van der Waals surface area contributed by atoms with Crippen LogP contribution in [0.4, 0.5) is 5.82 Å². The van der Waals surface area contributed by atoms with Crippen LogP contribution in [0.2, 0.25) is 0 Å². The summed E-state index contributed by atoms with van der Waals surface area (Å²) >= 11 is 0. The van der Waals surface area contributed by atoms with Crippen LogP contribution in [0.5, 0.6) is 0 Å². The summed E-state index contributed by atoms with van der Waals surface area (Å²) in [7, 11) is -3.27. The van der Waals surface area contributed by atoms with Crippen LogP contribution >= 0.6 is 0 Å². The molecule has 2 heterocycles. The second kappa shape index (κ2) is 6.99. The first-order valence-corrected chi connectivity index (χ1v) is 10.8. The van der Waals surface area contributed by atoms with E-state index in [0.717, 1.165) is 53.1 Å². The van der Waals surface area contributed by atoms with Gasteiger partial charge < -0.3 is 15.1 Å². The van der Waals surface area contributed by atoms with Crippen molar-refractivity contribution >= 4 is 33.2 Å². The van der Waals surface area contributed by atoms with E-state index in [4.69, 9.17) is 5.73 Å². The van der Waals surface area contributed by atoms with Crippen molar-refractivity contribution in [1.82, 2.24) is 19.3 Å². The van der Waals surface area contributed by atoms with Gasteiger partial charge in [0.25, 0.3) is 0 Å². The molecule has 0 spiro atoms. The zero-order chi connectivity index (χ0) is 19.9. The number of fused-ring (bicyclic) bond motifs is 1. The molecular weight excluding hydrogens is 378 g/mol. The molecule has 4 rings (SSSR count). The molecule has 0 amide bonds. The summed E-state index contributed by atoms with van der Waals surface area (Å²) in [5, 5.41) is 0.769. The monoisotopic (exact) mass is 399 g/mol. The molecule has 28 heavy (non-hydrogen) atoms. The highest BCUT2D eigenvalue weighted by Gasteiger charge is 2.32. The average molecular weight is 399 g/mol. The molecular formula is C19H21N5O3S. The van der Waals surface area contributed by atoms with E-state index in [-0.39, 0.29) is 18.5 Å². The third-order valence-electron chi connectivity index (χ3n) is 5.15. The van der Waals surface area contributed by atoms with Crippen molar-refractivity contribution in [3.05, 3.63) is 42.4 Å². The van der Waals surface area contributed by atoms with Gasteiger partial charge in [0.1, 0.15) is 24.1 Å². The van der Waals surface area contributed by atoms with Gasteiger partial charge >= 0.3 is 0 Å². The molecule has 3 N–H and O–H groups in total. The second-order valence-corrected chi connectivity index (χ2v) is 9.06. The van der Waals surface area contributed by atoms with Gasteiger partial charge in [0.2, 0.25) is 10.0 Å². The lowest BCUT2D eigenvalue weighted by Gasteiger charge is -2.33. The van der Waals surface area contributed by atoms with E-state index in [1.54, 1.807) is 0 Å². The van der Waals surface area contributed by atoms with Crippen molar-refractivity contribution in [3.63, 3.8) is 0 Å². The number of nitrogen functional groups attached to an aromatic ring is 1. The summed E-state index contributed by atoms with van der Waals surface area (Å²) in [6.07, 6.45) is 7.16. The van der Waals surface area contributed by atoms with E-state index in [1.165, 1.54) is 6.33 Å². The zero-order valence-electron chi connectivity index (χ0n) is 15.4. The van der Waals surface area contributed by atoms with Crippen molar-refractivity contribution in [3.8, 4) is 11.1 Å². The number of hydrogen-bond donors (Lipinski definition) is 2. The molecule has 0 bridgehead atoms. The lowest BCUT2D eigenvalue weighted by molar-refractivity contribution is -0.114. The summed E-state index contributed by atoms with van der Waals surface area (Å²) in [4.78, 5) is 19.5. The quantitative estimate of drug-likeness (QED) is 0.611. The number of nitrogens with one attached hydrogen (secondary N) is 1. The van der Waals surface area contributed by atoms with Crippen molar-refractivity contribution in [2.75, 3.05) is 12.0 Å². The minimum absolute atomic E-state index is 0.0930. The minimum Gasteiger partial charge on any atom is -0.383 e. The Balaban J connectivity index is 1.76. The Morgan fingerprint density at radius 3 is 2.82 bits per heavy atom. The third-order valence-corrected chi connectivity index (χ3v) is 5.82. The molecule has 0 radical (unpaired) electrons. The van der Waals surface area contributed by atoms with Gasteiger partial charge in [-0.1, -0.05) is 18.2 Å². The van der Waals surface area contributed by atoms with Crippen molar-refractivity contribution < 1.29 is 13.2 Å². The van der Waals surface area contributed by atoms with E-state index >= 15 is 0 Å². The fraction of sp³-hybridized carbons (Fsp3) is 0.316. The Hall–Kier alpha value is -2.78. The number of rotatable bonds is 6. The van der Waals surface area contributed by atoms with Gasteiger partial charge in [-0.15, -0.1) is 0 Å². The van der Waals surface area contributed by atoms with E-state index in [2.05, 4.69) is 19.3 Å². The Kier molecular flexibility index (Phi) is 4.64. The first-order valence-electron chi connectivity index (χ1n) is 8.96. The summed E-state index contributed by atoms with van der Waals surface area (Å²) in [6, 6.07) is 7.82. The maximum absolute atomic E-state index is 11.4. The number of hydrogen-bond acceptors (Lipinski definition) is 6. The standard InChI is InChI=1S/C19H21N5O3S/c1-28(26,27)23-8-12-3-2-4-14(5-12)16-9-24(15-6-13(7-15)10-25)19-17(16)18(20)21-11-22-19/h2-5,9-11,13,15,23H,6-8H2,1H3,(H2,20,21,22)/t13-,15+. The van der Waals surface area contributed by atoms with Gasteiger partial charge in [0, 0.05) is 30.3 Å². The number of sulfonamides is 1. The van der Waals surface area contributed by atoms with Crippen LogP contribution in [-0.4, -0.2) is 35.5 Å². The highest BCUT2D eigenvalue weighted by atomic mass is 32.2. The first kappa shape index (κ1) is 18.6. The number of benzene rings is 1. The number of nitrogens with two attached hydrogens (primary N) is 1. The molecule has 2 aromatic heterocycles. The summed E-state index contributed by atoms with van der Waals surface area (Å²) < 4.78 is 27.3. The summed E-state index contributed by atoms with van der Waals surface area (Å²) in [6.45, 7) is 0.209. The molecule has 9 heteroatoms. The second-order valence-electron chi connectivity index (χ2n) is 7.22. The SMILES string of the molecule is CS(=O)(=O)NCc1cccc(-c2cn([C@H]3C[C@@H](C=O)C3)c3ncnc(N)c23)c1. The van der Waals surface area contributed by atoms with Crippen LogP contribution in [0.3, 0.4) is 0 Å². The number of anilines is 1. The smallest absolute Gasteiger partial charge is 0.209 e. The highest BCUT2D eigenvalue weighted by molar-refractivity contribution is 7.88. The molecule has 1 aliphatic rings. The maximum Gasteiger partial charge on any atom is 0.209 e. The molecule has 1 aliphatic carbocycles. The lowest BCUT2D eigenvalue weighted by Crippen LogP contribution is -2.27. The van der Waals surface area contributed by atoms with Crippen molar-refractivity contribution in [2.45, 2.75) is 25.4 Å². The molecule has 1 aromatic carbocycles. The van der Waals surface area contributed by atoms with Gasteiger partial charge in [0.15, 0.2) is 0 Å². The van der Waals surface area contributed by atoms with Crippen LogP contribution < -0.4 is 10.5 Å². The van der Waals surface area contributed by atoms with Crippen molar-refractivity contribution in [2.24, 2.45) is 5.92 Å². The number of aromatic nitrogens is 3. The largest absolute Gasteiger partial charge is 0.383 e. The van der Waals surface area contributed by atoms with Gasteiger partial charge in [-0.25, -0.2) is 23.1 Å². The predicted octanol–water partition coefficient (Wildman–Crippen LogP) is 1.88. The molecule has 0 saturated heterocycles. The van der Waals surface area contributed by atoms with E-state index in [9.17, 15) is 13.2 Å². The van der Waals surface area contributed by atoms with Gasteiger partial charge in [-0.05, 0) is 30.0 Å². The Morgan fingerprint density at radius 1 is 1.32 bits per heavy atom. The molecule has 3 aromatic rings. The molecule has 1 fully saturated rings. The van der Waals surface area contributed by atoms with Crippen LogP contribution in [0, 0.1) is 5.92 Å². The predicted molar refractivity (Wildman–Crippen MR) is 107 cm³/mol. The first-order chi connectivity index (χ1) is 13.4. The average Bonchev–Trinajstić information content (AvgIpc) is 3.00. The Morgan fingerprint density at radius 2 is 2.11 bits per heavy atom. The molecule has 146 valence electrons. The Bertz CT molecular complexity index is 1150. The summed E-state index contributed by atoms with van der Waals surface area (Å²) in [5.41, 5.74) is 9.55. The molecule has 0 atom stereocenters. The van der Waals surface area contributed by atoms with E-state index in [0.29, 0.717) is 5.82 Å². The van der Waals surface area contributed by atoms with Gasteiger partial charge in [-0.2, -0.15) is 0 Å². The zero-order valence-corrected chi connectivity index (χ0v) is 16.2. The van der Waals surface area contributed by atoms with E-state index in [1.807, 2.05) is 30.5 Å². The molecule has 0 unspecified atom stereocenters. The number of carbonyl (C=O) groups is 1.